The molecule has 2 N–H and O–H groups in total. The smallest absolute Gasteiger partial charge is 0.145 e. The fourth-order valence-corrected chi connectivity index (χ4v) is 1.79. The average Bonchev–Trinajstić information content (AvgIpc) is 2.38. The Bertz CT molecular complexity index is 552. The van der Waals surface area contributed by atoms with E-state index in [1.165, 1.54) is 0 Å². The lowest BCUT2D eigenvalue weighted by atomic mass is 10.1. The van der Waals surface area contributed by atoms with E-state index in [9.17, 15) is 0 Å². The first-order valence-electron chi connectivity index (χ1n) is 5.86. The second kappa shape index (κ2) is 5.14. The number of hydrogen-bond donors (Lipinski definition) is 1. The maximum Gasteiger partial charge on any atom is 0.145 e. The van der Waals surface area contributed by atoms with Gasteiger partial charge in [-0.3, -0.25) is 0 Å². The number of methoxy groups -OCH3 is 1. The zero-order valence-corrected chi connectivity index (χ0v) is 10.8. The fourth-order valence-electron chi connectivity index (χ4n) is 1.79. The number of aromatic nitrogens is 2. The standard InChI is InChI=1S/C14H17N3O/c1-9-8-12(17-14(16-9)10(2)15)11-6-4-5-7-13(11)18-3/h4-8,10H,15H2,1-3H3. The van der Waals surface area contributed by atoms with E-state index in [4.69, 9.17) is 10.5 Å². The van der Waals surface area contributed by atoms with Crippen LogP contribution in [0.5, 0.6) is 5.75 Å². The molecule has 1 aromatic carbocycles. The molecule has 0 saturated carbocycles. The summed E-state index contributed by atoms with van der Waals surface area (Å²) < 4.78 is 5.35. The Kier molecular flexibility index (Phi) is 3.58. The number of rotatable bonds is 3. The third kappa shape index (κ3) is 2.49. The molecule has 0 aliphatic carbocycles. The molecule has 0 aliphatic rings. The zero-order chi connectivity index (χ0) is 13.1. The monoisotopic (exact) mass is 243 g/mol. The van der Waals surface area contributed by atoms with Crippen molar-refractivity contribution in [1.29, 1.82) is 0 Å². The molecule has 1 aromatic heterocycles. The number of ether oxygens (including phenoxy) is 1. The SMILES string of the molecule is COc1ccccc1-c1cc(C)nc(C(C)N)n1. The maximum atomic E-state index is 5.84. The highest BCUT2D eigenvalue weighted by molar-refractivity contribution is 5.67. The van der Waals surface area contributed by atoms with Crippen LogP contribution in [-0.4, -0.2) is 17.1 Å². The molecule has 0 saturated heterocycles. The van der Waals surface area contributed by atoms with Crippen LogP contribution in [0.25, 0.3) is 11.3 Å². The van der Waals surface area contributed by atoms with Gasteiger partial charge in [-0.25, -0.2) is 9.97 Å². The van der Waals surface area contributed by atoms with E-state index in [1.54, 1.807) is 7.11 Å². The molecule has 1 atom stereocenters. The van der Waals surface area contributed by atoms with Gasteiger partial charge in [-0.1, -0.05) is 12.1 Å². The van der Waals surface area contributed by atoms with E-state index in [1.807, 2.05) is 44.2 Å². The topological polar surface area (TPSA) is 61.0 Å². The van der Waals surface area contributed by atoms with Gasteiger partial charge in [0, 0.05) is 11.3 Å². The van der Waals surface area contributed by atoms with Gasteiger partial charge in [0.15, 0.2) is 0 Å². The number of nitrogens with zero attached hydrogens (tertiary/aromatic N) is 2. The van der Waals surface area contributed by atoms with Crippen LogP contribution >= 0.6 is 0 Å². The summed E-state index contributed by atoms with van der Waals surface area (Å²) in [5.74, 6) is 1.45. The van der Waals surface area contributed by atoms with Crippen molar-refractivity contribution < 1.29 is 4.74 Å². The largest absolute Gasteiger partial charge is 0.496 e. The van der Waals surface area contributed by atoms with E-state index in [0.717, 1.165) is 22.7 Å². The summed E-state index contributed by atoms with van der Waals surface area (Å²) in [6.45, 7) is 3.81. The zero-order valence-electron chi connectivity index (χ0n) is 10.8. The minimum atomic E-state index is -0.182. The van der Waals surface area contributed by atoms with Crippen LogP contribution in [-0.2, 0) is 0 Å². The summed E-state index contributed by atoms with van der Waals surface area (Å²) >= 11 is 0. The van der Waals surface area contributed by atoms with Gasteiger partial charge in [0.25, 0.3) is 0 Å². The molecule has 0 radical (unpaired) electrons. The van der Waals surface area contributed by atoms with Crippen molar-refractivity contribution in [2.24, 2.45) is 5.73 Å². The normalized spacial score (nSPS) is 12.2. The summed E-state index contributed by atoms with van der Waals surface area (Å²) in [6, 6.07) is 9.54. The average molecular weight is 243 g/mol. The molecule has 0 amide bonds. The Morgan fingerprint density at radius 2 is 1.94 bits per heavy atom. The molecule has 2 aromatic rings. The summed E-state index contributed by atoms with van der Waals surface area (Å²) in [6.07, 6.45) is 0. The second-order valence-electron chi connectivity index (χ2n) is 4.24. The van der Waals surface area contributed by atoms with Crippen LogP contribution in [0.4, 0.5) is 0 Å². The minimum absolute atomic E-state index is 0.182. The Morgan fingerprint density at radius 1 is 1.22 bits per heavy atom. The maximum absolute atomic E-state index is 5.84. The molecule has 0 bridgehead atoms. The summed E-state index contributed by atoms with van der Waals surface area (Å²) in [5.41, 5.74) is 8.54. The lowest BCUT2D eigenvalue weighted by molar-refractivity contribution is 0.416. The van der Waals surface area contributed by atoms with Gasteiger partial charge < -0.3 is 10.5 Å². The molecule has 94 valence electrons. The highest BCUT2D eigenvalue weighted by Gasteiger charge is 2.11. The second-order valence-corrected chi connectivity index (χ2v) is 4.24. The van der Waals surface area contributed by atoms with Gasteiger partial charge in [-0.15, -0.1) is 0 Å². The van der Waals surface area contributed by atoms with Gasteiger partial charge >= 0.3 is 0 Å². The molecule has 2 rings (SSSR count). The Labute approximate surface area is 107 Å². The van der Waals surface area contributed by atoms with Crippen LogP contribution in [0.3, 0.4) is 0 Å². The fraction of sp³-hybridized carbons (Fsp3) is 0.286. The van der Waals surface area contributed by atoms with E-state index < -0.39 is 0 Å². The van der Waals surface area contributed by atoms with E-state index in [-0.39, 0.29) is 6.04 Å². The first kappa shape index (κ1) is 12.5. The molecule has 4 nitrogen and oxygen atoms in total. The summed E-state index contributed by atoms with van der Waals surface area (Å²) in [5, 5.41) is 0. The summed E-state index contributed by atoms with van der Waals surface area (Å²) in [7, 11) is 1.65. The van der Waals surface area contributed by atoms with Gasteiger partial charge in [-0.2, -0.15) is 0 Å². The molecule has 0 fully saturated rings. The van der Waals surface area contributed by atoms with Crippen molar-refractivity contribution in [3.05, 3.63) is 41.9 Å². The number of benzene rings is 1. The third-order valence-electron chi connectivity index (χ3n) is 2.66. The Hall–Kier alpha value is -1.94. The first-order valence-corrected chi connectivity index (χ1v) is 5.86. The molecule has 18 heavy (non-hydrogen) atoms. The van der Waals surface area contributed by atoms with Crippen LogP contribution in [0, 0.1) is 6.92 Å². The van der Waals surface area contributed by atoms with E-state index in [0.29, 0.717) is 5.82 Å². The Balaban J connectivity index is 2.56. The predicted octanol–water partition coefficient (Wildman–Crippen LogP) is 2.48. The highest BCUT2D eigenvalue weighted by atomic mass is 16.5. The third-order valence-corrected chi connectivity index (χ3v) is 2.66. The van der Waals surface area contributed by atoms with Crippen molar-refractivity contribution in [3.63, 3.8) is 0 Å². The lowest BCUT2D eigenvalue weighted by Crippen LogP contribution is -2.11. The van der Waals surface area contributed by atoms with Gasteiger partial charge in [0.2, 0.25) is 0 Å². The van der Waals surface area contributed by atoms with Crippen LogP contribution in [0.15, 0.2) is 30.3 Å². The number of para-hydroxylation sites is 1. The van der Waals surface area contributed by atoms with Crippen molar-refractivity contribution in [1.82, 2.24) is 9.97 Å². The van der Waals surface area contributed by atoms with Gasteiger partial charge in [-0.05, 0) is 32.0 Å². The van der Waals surface area contributed by atoms with Crippen molar-refractivity contribution >= 4 is 0 Å². The highest BCUT2D eigenvalue weighted by Crippen LogP contribution is 2.28. The molecular formula is C14H17N3O. The van der Waals surface area contributed by atoms with Crippen LogP contribution < -0.4 is 10.5 Å². The van der Waals surface area contributed by atoms with Crippen molar-refractivity contribution in [2.75, 3.05) is 7.11 Å². The number of nitrogens with two attached hydrogens (primary N) is 1. The van der Waals surface area contributed by atoms with Crippen LogP contribution in [0.2, 0.25) is 0 Å². The minimum Gasteiger partial charge on any atom is -0.496 e. The number of hydrogen-bond acceptors (Lipinski definition) is 4. The molecular weight excluding hydrogens is 226 g/mol. The predicted molar refractivity (Wildman–Crippen MR) is 71.4 cm³/mol. The Morgan fingerprint density at radius 3 is 2.61 bits per heavy atom. The molecule has 4 heteroatoms. The van der Waals surface area contributed by atoms with Gasteiger partial charge in [0.05, 0.1) is 18.8 Å². The summed E-state index contributed by atoms with van der Waals surface area (Å²) in [4.78, 5) is 8.83. The van der Waals surface area contributed by atoms with E-state index >= 15 is 0 Å². The van der Waals surface area contributed by atoms with Crippen molar-refractivity contribution in [2.45, 2.75) is 19.9 Å². The van der Waals surface area contributed by atoms with Crippen LogP contribution in [0.1, 0.15) is 24.5 Å². The lowest BCUT2D eigenvalue weighted by Gasteiger charge is -2.11. The molecule has 0 spiro atoms. The van der Waals surface area contributed by atoms with Crippen molar-refractivity contribution in [3.8, 4) is 17.0 Å². The first-order chi connectivity index (χ1) is 8.61. The van der Waals surface area contributed by atoms with E-state index in [2.05, 4.69) is 9.97 Å². The number of aryl methyl sites for hydroxylation is 1. The molecule has 1 heterocycles. The molecule has 0 aliphatic heterocycles. The molecule has 1 unspecified atom stereocenters. The van der Waals surface area contributed by atoms with Gasteiger partial charge in [0.1, 0.15) is 11.6 Å². The quantitative estimate of drug-likeness (QED) is 0.899.